The van der Waals surface area contributed by atoms with Crippen LogP contribution in [0.5, 0.6) is 0 Å². The largest absolute Gasteiger partial charge is 0.388 e. The summed E-state index contributed by atoms with van der Waals surface area (Å²) in [6.45, 7) is 3.90. The molecule has 5 heteroatoms. The maximum Gasteiger partial charge on any atom is 0.0857 e. The first kappa shape index (κ1) is 12.1. The highest BCUT2D eigenvalue weighted by molar-refractivity contribution is 7.09. The Bertz CT molecular complexity index is 485. The van der Waals surface area contributed by atoms with Gasteiger partial charge in [-0.05, 0) is 19.4 Å². The van der Waals surface area contributed by atoms with Crippen LogP contribution in [0.4, 0.5) is 0 Å². The Morgan fingerprint density at radius 3 is 2.88 bits per heavy atom. The van der Waals surface area contributed by atoms with Gasteiger partial charge in [0.2, 0.25) is 0 Å². The summed E-state index contributed by atoms with van der Waals surface area (Å²) in [5.74, 6) is 0. The molecule has 90 valence electrons. The lowest BCUT2D eigenvalue weighted by Crippen LogP contribution is -2.08. The highest BCUT2D eigenvalue weighted by Gasteiger charge is 2.15. The lowest BCUT2D eigenvalue weighted by atomic mass is 10.0. The molecule has 17 heavy (non-hydrogen) atoms. The van der Waals surface area contributed by atoms with Crippen LogP contribution in [0, 0.1) is 6.92 Å². The van der Waals surface area contributed by atoms with Gasteiger partial charge in [0, 0.05) is 23.1 Å². The zero-order chi connectivity index (χ0) is 12.3. The van der Waals surface area contributed by atoms with Crippen LogP contribution in [-0.4, -0.2) is 20.3 Å². The molecule has 0 saturated heterocycles. The minimum Gasteiger partial charge on any atom is -0.388 e. The van der Waals surface area contributed by atoms with E-state index in [9.17, 15) is 5.11 Å². The van der Waals surface area contributed by atoms with Gasteiger partial charge in [0.05, 0.1) is 23.0 Å². The fourth-order valence-electron chi connectivity index (χ4n) is 1.74. The molecule has 2 aromatic rings. The first-order chi connectivity index (χ1) is 8.20. The molecular formula is C12H15N3OS. The molecule has 1 unspecified atom stereocenters. The second-order valence-corrected chi connectivity index (χ2v) is 4.90. The van der Waals surface area contributed by atoms with Gasteiger partial charge in [-0.25, -0.2) is 0 Å². The van der Waals surface area contributed by atoms with Gasteiger partial charge in [0.15, 0.2) is 0 Å². The molecule has 0 aliphatic heterocycles. The number of aliphatic hydroxyl groups excluding tert-OH is 1. The SMILES string of the molecule is CCc1nnc(C)cc1C(O)Cc1cncs1. The lowest BCUT2D eigenvalue weighted by Gasteiger charge is -2.13. The number of hydrogen-bond donors (Lipinski definition) is 1. The number of rotatable bonds is 4. The molecule has 0 aliphatic rings. The molecule has 0 aliphatic carbocycles. The Morgan fingerprint density at radius 1 is 1.41 bits per heavy atom. The van der Waals surface area contributed by atoms with E-state index in [1.807, 2.05) is 19.9 Å². The molecule has 0 radical (unpaired) electrons. The molecule has 1 N–H and O–H groups in total. The zero-order valence-corrected chi connectivity index (χ0v) is 10.7. The third-order valence-electron chi connectivity index (χ3n) is 2.60. The lowest BCUT2D eigenvalue weighted by molar-refractivity contribution is 0.177. The summed E-state index contributed by atoms with van der Waals surface area (Å²) in [4.78, 5) is 5.09. The van der Waals surface area contributed by atoms with E-state index in [0.717, 1.165) is 28.2 Å². The van der Waals surface area contributed by atoms with E-state index in [1.165, 1.54) is 0 Å². The van der Waals surface area contributed by atoms with Crippen molar-refractivity contribution < 1.29 is 5.11 Å². The molecular weight excluding hydrogens is 234 g/mol. The van der Waals surface area contributed by atoms with Gasteiger partial charge >= 0.3 is 0 Å². The van der Waals surface area contributed by atoms with Gasteiger partial charge in [0.1, 0.15) is 0 Å². The van der Waals surface area contributed by atoms with E-state index in [1.54, 1.807) is 23.0 Å². The average molecular weight is 249 g/mol. The minimum atomic E-state index is -0.528. The smallest absolute Gasteiger partial charge is 0.0857 e. The topological polar surface area (TPSA) is 58.9 Å². The van der Waals surface area contributed by atoms with Gasteiger partial charge in [-0.15, -0.1) is 11.3 Å². The summed E-state index contributed by atoms with van der Waals surface area (Å²) in [6.07, 6.45) is 2.63. The van der Waals surface area contributed by atoms with Crippen molar-refractivity contribution in [2.24, 2.45) is 0 Å². The predicted octanol–water partition coefficient (Wildman–Crippen LogP) is 2.08. The summed E-state index contributed by atoms with van der Waals surface area (Å²) >= 11 is 1.56. The molecule has 0 saturated carbocycles. The molecule has 2 rings (SSSR count). The third-order valence-corrected chi connectivity index (χ3v) is 3.40. The number of aromatic nitrogens is 3. The fraction of sp³-hybridized carbons (Fsp3) is 0.417. The van der Waals surface area contributed by atoms with Crippen molar-refractivity contribution in [1.82, 2.24) is 15.2 Å². The van der Waals surface area contributed by atoms with Crippen LogP contribution >= 0.6 is 11.3 Å². The minimum absolute atomic E-state index is 0.528. The number of aryl methyl sites for hydroxylation is 2. The van der Waals surface area contributed by atoms with E-state index < -0.39 is 6.10 Å². The van der Waals surface area contributed by atoms with Crippen molar-refractivity contribution in [3.8, 4) is 0 Å². The van der Waals surface area contributed by atoms with Crippen LogP contribution in [0.3, 0.4) is 0 Å². The Labute approximate surface area is 104 Å². The van der Waals surface area contributed by atoms with Crippen LogP contribution in [0.2, 0.25) is 0 Å². The molecule has 0 bridgehead atoms. The molecule has 1 atom stereocenters. The third kappa shape index (κ3) is 2.87. The van der Waals surface area contributed by atoms with Gasteiger partial charge in [-0.3, -0.25) is 4.98 Å². The Kier molecular flexibility index (Phi) is 3.81. The van der Waals surface area contributed by atoms with Crippen LogP contribution in [0.25, 0.3) is 0 Å². The van der Waals surface area contributed by atoms with Crippen molar-refractivity contribution in [2.75, 3.05) is 0 Å². The van der Waals surface area contributed by atoms with Crippen LogP contribution in [-0.2, 0) is 12.8 Å². The molecule has 4 nitrogen and oxygen atoms in total. The highest BCUT2D eigenvalue weighted by Crippen LogP contribution is 2.22. The van der Waals surface area contributed by atoms with Crippen LogP contribution in [0.1, 0.15) is 34.9 Å². The van der Waals surface area contributed by atoms with Gasteiger partial charge < -0.3 is 5.11 Å². The Morgan fingerprint density at radius 2 is 2.24 bits per heavy atom. The monoisotopic (exact) mass is 249 g/mol. The zero-order valence-electron chi connectivity index (χ0n) is 9.92. The second-order valence-electron chi connectivity index (χ2n) is 3.93. The Balaban J connectivity index is 2.23. The molecule has 2 heterocycles. The van der Waals surface area contributed by atoms with Gasteiger partial charge in [-0.2, -0.15) is 10.2 Å². The second kappa shape index (κ2) is 5.33. The van der Waals surface area contributed by atoms with Crippen molar-refractivity contribution in [1.29, 1.82) is 0 Å². The number of hydrogen-bond acceptors (Lipinski definition) is 5. The van der Waals surface area contributed by atoms with E-state index in [0.29, 0.717) is 6.42 Å². The van der Waals surface area contributed by atoms with Crippen LogP contribution in [0.15, 0.2) is 17.8 Å². The fourth-order valence-corrected chi connectivity index (χ4v) is 2.37. The van der Waals surface area contributed by atoms with E-state index in [2.05, 4.69) is 15.2 Å². The first-order valence-corrected chi connectivity index (χ1v) is 6.47. The highest BCUT2D eigenvalue weighted by atomic mass is 32.1. The molecule has 0 amide bonds. The van der Waals surface area contributed by atoms with Crippen molar-refractivity contribution in [2.45, 2.75) is 32.8 Å². The summed E-state index contributed by atoms with van der Waals surface area (Å²) in [6, 6.07) is 1.91. The Hall–Kier alpha value is -1.33. The number of aliphatic hydroxyl groups is 1. The average Bonchev–Trinajstić information content (AvgIpc) is 2.81. The quantitative estimate of drug-likeness (QED) is 0.901. The summed E-state index contributed by atoms with van der Waals surface area (Å²) in [5.41, 5.74) is 4.36. The summed E-state index contributed by atoms with van der Waals surface area (Å²) in [5, 5.41) is 18.4. The van der Waals surface area contributed by atoms with E-state index in [4.69, 9.17) is 0 Å². The van der Waals surface area contributed by atoms with E-state index in [-0.39, 0.29) is 0 Å². The molecule has 0 spiro atoms. The van der Waals surface area contributed by atoms with Gasteiger partial charge in [0.25, 0.3) is 0 Å². The maximum absolute atomic E-state index is 10.2. The van der Waals surface area contributed by atoms with Crippen molar-refractivity contribution in [3.05, 3.63) is 39.6 Å². The molecule has 2 aromatic heterocycles. The number of thiazole rings is 1. The molecule has 0 aromatic carbocycles. The maximum atomic E-state index is 10.2. The van der Waals surface area contributed by atoms with Crippen molar-refractivity contribution in [3.63, 3.8) is 0 Å². The van der Waals surface area contributed by atoms with E-state index >= 15 is 0 Å². The van der Waals surface area contributed by atoms with Crippen LogP contribution < -0.4 is 0 Å². The normalized spacial score (nSPS) is 12.6. The predicted molar refractivity (Wildman–Crippen MR) is 66.9 cm³/mol. The summed E-state index contributed by atoms with van der Waals surface area (Å²) in [7, 11) is 0. The number of nitrogens with zero attached hydrogens (tertiary/aromatic N) is 3. The van der Waals surface area contributed by atoms with Crippen molar-refractivity contribution >= 4 is 11.3 Å². The first-order valence-electron chi connectivity index (χ1n) is 5.59. The molecule has 0 fully saturated rings. The standard InChI is InChI=1S/C12H15N3OS/c1-3-11-10(4-8(2)14-15-11)12(16)5-9-6-13-7-17-9/h4,6-7,12,16H,3,5H2,1-2H3. The van der Waals surface area contributed by atoms with Gasteiger partial charge in [-0.1, -0.05) is 6.92 Å². The summed E-state index contributed by atoms with van der Waals surface area (Å²) < 4.78 is 0.